The maximum absolute atomic E-state index is 9.67. The first-order chi connectivity index (χ1) is 8.72. The number of hydrogen-bond acceptors (Lipinski definition) is 2. The van der Waals surface area contributed by atoms with E-state index in [1.54, 1.807) is 0 Å². The molecule has 0 saturated heterocycles. The van der Waals surface area contributed by atoms with Crippen LogP contribution < -0.4 is 0 Å². The zero-order valence-corrected chi connectivity index (χ0v) is 14.5. The Morgan fingerprint density at radius 3 is 2.26 bits per heavy atom. The maximum Gasteiger partial charge on any atom is 0.192 e. The molecule has 19 heavy (non-hydrogen) atoms. The molecule has 0 aromatic heterocycles. The van der Waals surface area contributed by atoms with E-state index in [4.69, 9.17) is 4.43 Å². The van der Waals surface area contributed by atoms with Crippen LogP contribution in [0.25, 0.3) is 0 Å². The van der Waals surface area contributed by atoms with Gasteiger partial charge in [0.2, 0.25) is 0 Å². The van der Waals surface area contributed by atoms with Gasteiger partial charge in [-0.25, -0.2) is 0 Å². The van der Waals surface area contributed by atoms with Gasteiger partial charge in [-0.2, -0.15) is 0 Å². The predicted octanol–water partition coefficient (Wildman–Crippen LogP) is 4.34. The SMILES string of the molecule is CC(C)(C)[Si](C)(C)O[C@@]12CCCC(CO)[C@H]1CCC2. The van der Waals surface area contributed by atoms with E-state index < -0.39 is 8.32 Å². The van der Waals surface area contributed by atoms with Crippen LogP contribution in [0.5, 0.6) is 0 Å². The zero-order chi connectivity index (χ0) is 14.3. The van der Waals surface area contributed by atoms with Crippen molar-refractivity contribution in [2.75, 3.05) is 6.61 Å². The summed E-state index contributed by atoms with van der Waals surface area (Å²) in [7, 11) is -1.71. The van der Waals surface area contributed by atoms with Crippen LogP contribution in [0.3, 0.4) is 0 Å². The Bertz CT molecular complexity index is 321. The molecule has 2 nitrogen and oxygen atoms in total. The third-order valence-corrected chi connectivity index (χ3v) is 10.6. The molecule has 0 heterocycles. The quantitative estimate of drug-likeness (QED) is 0.781. The molecule has 3 heteroatoms. The van der Waals surface area contributed by atoms with Crippen molar-refractivity contribution in [2.24, 2.45) is 11.8 Å². The summed E-state index contributed by atoms with van der Waals surface area (Å²) in [6.07, 6.45) is 7.43. The summed E-state index contributed by atoms with van der Waals surface area (Å²) < 4.78 is 6.91. The number of hydrogen-bond donors (Lipinski definition) is 1. The maximum atomic E-state index is 9.67. The molecule has 2 rings (SSSR count). The van der Waals surface area contributed by atoms with E-state index in [0.29, 0.717) is 18.4 Å². The molecule has 112 valence electrons. The van der Waals surface area contributed by atoms with Gasteiger partial charge >= 0.3 is 0 Å². The summed E-state index contributed by atoms with van der Waals surface area (Å²) in [5.74, 6) is 1.10. The normalized spacial score (nSPS) is 36.3. The van der Waals surface area contributed by atoms with E-state index in [1.807, 2.05) is 0 Å². The Labute approximate surface area is 120 Å². The van der Waals surface area contributed by atoms with E-state index >= 15 is 0 Å². The molecule has 3 atom stereocenters. The smallest absolute Gasteiger partial charge is 0.192 e. The number of aliphatic hydroxyl groups excluding tert-OH is 1. The van der Waals surface area contributed by atoms with Gasteiger partial charge in [-0.15, -0.1) is 0 Å². The molecule has 0 aromatic rings. The van der Waals surface area contributed by atoms with Crippen molar-refractivity contribution < 1.29 is 9.53 Å². The molecule has 0 radical (unpaired) electrons. The minimum atomic E-state index is -1.71. The van der Waals surface area contributed by atoms with Crippen molar-refractivity contribution in [1.29, 1.82) is 0 Å². The fraction of sp³-hybridized carbons (Fsp3) is 1.00. The monoisotopic (exact) mass is 284 g/mol. The summed E-state index contributed by atoms with van der Waals surface area (Å²) >= 11 is 0. The third kappa shape index (κ3) is 2.79. The Morgan fingerprint density at radius 2 is 1.74 bits per heavy atom. The molecule has 0 amide bonds. The molecule has 0 bridgehead atoms. The van der Waals surface area contributed by atoms with Crippen molar-refractivity contribution in [3.63, 3.8) is 0 Å². The third-order valence-electron chi connectivity index (χ3n) is 6.03. The first kappa shape index (κ1) is 15.5. The second kappa shape index (κ2) is 5.16. The summed E-state index contributed by atoms with van der Waals surface area (Å²) in [6.45, 7) is 12.1. The summed E-state index contributed by atoms with van der Waals surface area (Å²) in [6, 6.07) is 0. The summed E-state index contributed by atoms with van der Waals surface area (Å²) in [5, 5.41) is 9.95. The molecule has 2 saturated carbocycles. The molecule has 1 unspecified atom stereocenters. The Kier molecular flexibility index (Phi) is 4.21. The molecular weight excluding hydrogens is 252 g/mol. The fourth-order valence-corrected chi connectivity index (χ4v) is 5.65. The lowest BCUT2D eigenvalue weighted by molar-refractivity contribution is -0.0526. The van der Waals surface area contributed by atoms with E-state index in [-0.39, 0.29) is 10.6 Å². The predicted molar refractivity (Wildman–Crippen MR) is 82.8 cm³/mol. The highest BCUT2D eigenvalue weighted by Gasteiger charge is 2.53. The van der Waals surface area contributed by atoms with Gasteiger partial charge in [-0.1, -0.05) is 33.6 Å². The minimum absolute atomic E-state index is 0.106. The van der Waals surface area contributed by atoms with Crippen LogP contribution in [0.2, 0.25) is 18.1 Å². The highest BCUT2D eigenvalue weighted by Crippen LogP contribution is 2.53. The lowest BCUT2D eigenvalue weighted by atomic mass is 9.71. The molecule has 2 aliphatic carbocycles. The van der Waals surface area contributed by atoms with Crippen molar-refractivity contribution in [1.82, 2.24) is 0 Å². The van der Waals surface area contributed by atoms with Gasteiger partial charge in [0.25, 0.3) is 0 Å². The minimum Gasteiger partial charge on any atom is -0.411 e. The molecule has 0 aliphatic heterocycles. The first-order valence-corrected chi connectivity index (χ1v) is 10.9. The van der Waals surface area contributed by atoms with Gasteiger partial charge in [-0.05, 0) is 55.7 Å². The van der Waals surface area contributed by atoms with Crippen LogP contribution in [0.4, 0.5) is 0 Å². The second-order valence-corrected chi connectivity index (χ2v) is 13.0. The van der Waals surface area contributed by atoms with Crippen LogP contribution in [-0.4, -0.2) is 25.6 Å². The topological polar surface area (TPSA) is 29.5 Å². The van der Waals surface area contributed by atoms with Gasteiger partial charge in [0.1, 0.15) is 0 Å². The molecule has 1 N–H and O–H groups in total. The van der Waals surface area contributed by atoms with Gasteiger partial charge in [0, 0.05) is 6.61 Å². The Hall–Kier alpha value is 0.137. The Balaban J connectivity index is 2.21. The molecule has 2 aliphatic rings. The van der Waals surface area contributed by atoms with E-state index in [1.165, 1.54) is 38.5 Å². The summed E-state index contributed by atoms with van der Waals surface area (Å²) in [4.78, 5) is 0. The number of aliphatic hydroxyl groups is 1. The number of fused-ring (bicyclic) bond motifs is 1. The highest BCUT2D eigenvalue weighted by molar-refractivity contribution is 6.74. The van der Waals surface area contributed by atoms with E-state index in [2.05, 4.69) is 33.9 Å². The van der Waals surface area contributed by atoms with Crippen LogP contribution >= 0.6 is 0 Å². The molecular formula is C16H32O2Si. The highest BCUT2D eigenvalue weighted by atomic mass is 28.4. The van der Waals surface area contributed by atoms with Crippen molar-refractivity contribution >= 4 is 8.32 Å². The van der Waals surface area contributed by atoms with Crippen LogP contribution in [0.1, 0.15) is 59.3 Å². The molecule has 2 fully saturated rings. The van der Waals surface area contributed by atoms with Crippen LogP contribution in [0, 0.1) is 11.8 Å². The first-order valence-electron chi connectivity index (χ1n) is 8.03. The van der Waals surface area contributed by atoms with Crippen molar-refractivity contribution in [3.05, 3.63) is 0 Å². The fourth-order valence-electron chi connectivity index (χ4n) is 3.97. The largest absolute Gasteiger partial charge is 0.411 e. The van der Waals surface area contributed by atoms with Gasteiger partial charge in [0.15, 0.2) is 8.32 Å². The van der Waals surface area contributed by atoms with Gasteiger partial charge in [0.05, 0.1) is 5.60 Å². The second-order valence-electron chi connectivity index (χ2n) is 8.26. The summed E-state index contributed by atoms with van der Waals surface area (Å²) in [5.41, 5.74) is 0.106. The average Bonchev–Trinajstić information content (AvgIpc) is 2.69. The molecule has 0 spiro atoms. The standard InChI is InChI=1S/C16H32O2Si/c1-15(2,3)19(4,5)18-16-10-6-8-13(12-17)14(16)9-7-11-16/h13-14,17H,6-12H2,1-5H3/t13?,14-,16-/m1/s1. The number of rotatable bonds is 3. The molecule has 0 aromatic carbocycles. The van der Waals surface area contributed by atoms with E-state index in [0.717, 1.165) is 0 Å². The zero-order valence-electron chi connectivity index (χ0n) is 13.5. The van der Waals surface area contributed by atoms with Gasteiger partial charge < -0.3 is 9.53 Å². The lowest BCUT2D eigenvalue weighted by Crippen LogP contribution is -2.54. The van der Waals surface area contributed by atoms with Crippen LogP contribution in [0.15, 0.2) is 0 Å². The lowest BCUT2D eigenvalue weighted by Gasteiger charge is -2.50. The average molecular weight is 285 g/mol. The van der Waals surface area contributed by atoms with Crippen LogP contribution in [-0.2, 0) is 4.43 Å². The van der Waals surface area contributed by atoms with Crippen molar-refractivity contribution in [2.45, 2.75) is 83.0 Å². The van der Waals surface area contributed by atoms with E-state index in [9.17, 15) is 5.11 Å². The van der Waals surface area contributed by atoms with Crippen molar-refractivity contribution in [3.8, 4) is 0 Å². The van der Waals surface area contributed by atoms with Gasteiger partial charge in [-0.3, -0.25) is 0 Å². The Morgan fingerprint density at radius 1 is 1.16 bits per heavy atom.